The third kappa shape index (κ3) is 8.43. The Bertz CT molecular complexity index is 1950. The Morgan fingerprint density at radius 3 is 1.21 bits per heavy atom. The molecule has 4 atom stereocenters. The molecule has 4 heterocycles. The number of nitrogens with zero attached hydrogens (tertiary/aromatic N) is 4. The van der Waals surface area contributed by atoms with Gasteiger partial charge >= 0.3 is 0 Å². The maximum absolute atomic E-state index is 11.7. The monoisotopic (exact) mass is 882 g/mol. The van der Waals surface area contributed by atoms with E-state index >= 15 is 0 Å². The molecular formula is C50H64Cl2N6O4. The van der Waals surface area contributed by atoms with Gasteiger partial charge in [0.1, 0.15) is 22.6 Å². The summed E-state index contributed by atoms with van der Waals surface area (Å²) >= 11 is 0. The second-order valence-electron chi connectivity index (χ2n) is 18.6. The van der Waals surface area contributed by atoms with Gasteiger partial charge in [0.25, 0.3) is 11.8 Å². The van der Waals surface area contributed by atoms with Crippen LogP contribution in [0.5, 0.6) is 0 Å². The number of halogens is 2. The van der Waals surface area contributed by atoms with Gasteiger partial charge in [0.2, 0.25) is 0 Å². The van der Waals surface area contributed by atoms with Crippen molar-refractivity contribution in [1.82, 2.24) is 19.8 Å². The van der Waals surface area contributed by atoms with Gasteiger partial charge in [0, 0.05) is 88.5 Å². The minimum Gasteiger partial charge on any atom is -0.373 e. The number of pyridine rings is 2. The second-order valence-corrected chi connectivity index (χ2v) is 18.6. The number of aromatic nitrogens is 2. The molecule has 4 aromatic rings. The van der Waals surface area contributed by atoms with Crippen LogP contribution in [-0.2, 0) is 20.7 Å². The average Bonchev–Trinajstić information content (AvgIpc) is 3.23. The second kappa shape index (κ2) is 19.5. The van der Waals surface area contributed by atoms with Gasteiger partial charge in [-0.1, -0.05) is 73.5 Å². The van der Waals surface area contributed by atoms with E-state index in [0.29, 0.717) is 59.0 Å². The van der Waals surface area contributed by atoms with Gasteiger partial charge in [-0.2, -0.15) is 0 Å². The van der Waals surface area contributed by atoms with Crippen molar-refractivity contribution < 1.29 is 19.1 Å². The van der Waals surface area contributed by atoms with E-state index in [1.165, 1.54) is 49.7 Å². The standard InChI is InChI=1S/2C25H31N3O2.2ClH/c2*1-30-25(19-10-11-27-23(14-19)24(26)29)20-8-5-9-21(25)16-28(15-20)22-12-18(13-22)17-6-3-2-4-7-17;;/h2*2-4,6-7,10-11,14,18,20-22H,5,8-9,12-13,15-16H2,1H3,(H2,26,29);2*1H. The molecule has 4 unspecified atom stereocenters. The predicted octanol–water partition coefficient (Wildman–Crippen LogP) is 8.24. The van der Waals surface area contributed by atoms with Crippen LogP contribution in [0.3, 0.4) is 0 Å². The Hall–Kier alpha value is -3.90. The fraction of sp³-hybridized carbons (Fsp3) is 0.520. The number of primary amides is 2. The van der Waals surface area contributed by atoms with Crippen LogP contribution in [0.4, 0.5) is 0 Å². The van der Waals surface area contributed by atoms with Crippen LogP contribution in [0, 0.1) is 23.7 Å². The molecule has 2 saturated heterocycles. The summed E-state index contributed by atoms with van der Waals surface area (Å²) in [6.07, 6.45) is 15.5. The van der Waals surface area contributed by atoms with Crippen molar-refractivity contribution in [1.29, 1.82) is 0 Å². The lowest BCUT2D eigenvalue weighted by Crippen LogP contribution is -2.62. The van der Waals surface area contributed by atoms with Gasteiger partial charge in [0.05, 0.1) is 0 Å². The van der Waals surface area contributed by atoms with Crippen molar-refractivity contribution in [2.24, 2.45) is 35.1 Å². The highest BCUT2D eigenvalue weighted by Crippen LogP contribution is 2.55. The summed E-state index contributed by atoms with van der Waals surface area (Å²) in [5.74, 6) is 2.14. The zero-order chi connectivity index (χ0) is 41.4. The summed E-state index contributed by atoms with van der Waals surface area (Å²) < 4.78 is 12.7. The van der Waals surface area contributed by atoms with Gasteiger partial charge in [-0.05, 0) is 110 Å². The Morgan fingerprint density at radius 2 is 0.903 bits per heavy atom. The molecule has 62 heavy (non-hydrogen) atoms. The SMILES string of the molecule is COC1(c2ccnc(C(N)=O)c2)C2CCCC1CN(C1CC(c3ccccc3)C1)C2.COC1(c2ccnc(C(N)=O)c2)C2CCCC1CN(C1CC(c3ccccc3)C1)C2.Cl.Cl. The van der Waals surface area contributed by atoms with E-state index in [9.17, 15) is 9.59 Å². The number of likely N-dealkylation sites (tertiary alicyclic amines) is 2. The maximum Gasteiger partial charge on any atom is 0.267 e. The molecule has 4 saturated carbocycles. The predicted molar refractivity (Wildman–Crippen MR) is 247 cm³/mol. The number of hydrogen-bond donors (Lipinski definition) is 2. The van der Waals surface area contributed by atoms with Gasteiger partial charge < -0.3 is 20.9 Å². The molecule has 12 heteroatoms. The Balaban J connectivity index is 0.000000181. The van der Waals surface area contributed by atoms with Crippen molar-refractivity contribution in [3.63, 3.8) is 0 Å². The topological polar surface area (TPSA) is 137 Å². The first kappa shape index (κ1) is 46.1. The van der Waals surface area contributed by atoms with Gasteiger partial charge in [-0.15, -0.1) is 24.8 Å². The number of fused-ring (bicyclic) bond motifs is 4. The minimum atomic E-state index is -0.480. The Labute approximate surface area is 379 Å². The molecule has 0 radical (unpaired) electrons. The maximum atomic E-state index is 11.7. The van der Waals surface area contributed by atoms with E-state index in [4.69, 9.17) is 20.9 Å². The molecular weight excluding hydrogens is 819 g/mol. The largest absolute Gasteiger partial charge is 0.373 e. The molecule has 4 aliphatic carbocycles. The van der Waals surface area contributed by atoms with Crippen LogP contribution >= 0.6 is 24.8 Å². The summed E-state index contributed by atoms with van der Waals surface area (Å²) in [6, 6.07) is 31.0. The quantitative estimate of drug-likeness (QED) is 0.163. The number of carbonyl (C=O) groups is 2. The number of hydrogen-bond acceptors (Lipinski definition) is 8. The molecule has 2 aromatic carbocycles. The smallest absolute Gasteiger partial charge is 0.267 e. The van der Waals surface area contributed by atoms with Crippen LogP contribution in [0.15, 0.2) is 97.3 Å². The summed E-state index contributed by atoms with van der Waals surface area (Å²) in [7, 11) is 3.67. The number of benzene rings is 2. The zero-order valence-electron chi connectivity index (χ0n) is 36.1. The molecule has 0 spiro atoms. The first-order chi connectivity index (χ1) is 29.2. The number of rotatable bonds is 10. The van der Waals surface area contributed by atoms with Crippen LogP contribution in [0.1, 0.15) is 119 Å². The Kier molecular flexibility index (Phi) is 14.5. The number of nitrogens with two attached hydrogens (primary N) is 2. The number of amides is 2. The zero-order valence-corrected chi connectivity index (χ0v) is 37.8. The molecule has 10 rings (SSSR count). The molecule has 332 valence electrons. The van der Waals surface area contributed by atoms with E-state index in [-0.39, 0.29) is 36.0 Å². The molecule has 6 aliphatic rings. The van der Waals surface area contributed by atoms with Crippen LogP contribution in [0.2, 0.25) is 0 Å². The fourth-order valence-corrected chi connectivity index (χ4v) is 12.8. The summed E-state index contributed by atoms with van der Waals surface area (Å²) in [5, 5.41) is 0. The number of ether oxygens (including phenoxy) is 2. The average molecular weight is 884 g/mol. The van der Waals surface area contributed by atoms with Gasteiger partial charge in [0.15, 0.2) is 0 Å². The minimum absolute atomic E-state index is 0. The molecule has 10 nitrogen and oxygen atoms in total. The van der Waals surface area contributed by atoms with Crippen molar-refractivity contribution >= 4 is 36.6 Å². The van der Waals surface area contributed by atoms with E-state index in [0.717, 1.165) is 63.0 Å². The molecule has 2 aliphatic heterocycles. The van der Waals surface area contributed by atoms with Crippen molar-refractivity contribution in [3.8, 4) is 0 Å². The highest BCUT2D eigenvalue weighted by molar-refractivity contribution is 5.91. The third-order valence-electron chi connectivity index (χ3n) is 15.9. The lowest BCUT2D eigenvalue weighted by atomic mass is 9.61. The first-order valence-electron chi connectivity index (χ1n) is 22.4. The van der Waals surface area contributed by atoms with Crippen LogP contribution in [-0.4, -0.2) is 84.1 Å². The Morgan fingerprint density at radius 1 is 0.565 bits per heavy atom. The summed E-state index contributed by atoms with van der Waals surface area (Å²) in [6.45, 7) is 4.24. The molecule has 6 fully saturated rings. The number of methoxy groups -OCH3 is 2. The first-order valence-corrected chi connectivity index (χ1v) is 22.4. The normalized spacial score (nSPS) is 32.5. The number of piperidine rings is 2. The van der Waals surface area contributed by atoms with Crippen LogP contribution < -0.4 is 11.5 Å². The van der Waals surface area contributed by atoms with E-state index in [1.54, 1.807) is 12.4 Å². The van der Waals surface area contributed by atoms with Crippen molar-refractivity contribution in [2.75, 3.05) is 40.4 Å². The van der Waals surface area contributed by atoms with Crippen molar-refractivity contribution in [3.05, 3.63) is 131 Å². The molecule has 4 N–H and O–H groups in total. The lowest BCUT2D eigenvalue weighted by molar-refractivity contribution is -0.178. The van der Waals surface area contributed by atoms with Crippen LogP contribution in [0.25, 0.3) is 0 Å². The molecule has 2 aromatic heterocycles. The highest BCUT2D eigenvalue weighted by atomic mass is 35.5. The molecule has 2 amide bonds. The lowest BCUT2D eigenvalue weighted by Gasteiger charge is -2.58. The fourth-order valence-electron chi connectivity index (χ4n) is 12.8. The van der Waals surface area contributed by atoms with E-state index in [1.807, 2.05) is 38.5 Å². The molecule has 4 bridgehead atoms. The van der Waals surface area contributed by atoms with E-state index in [2.05, 4.69) is 80.4 Å². The summed E-state index contributed by atoms with van der Waals surface area (Å²) in [5.41, 5.74) is 16.1. The highest BCUT2D eigenvalue weighted by Gasteiger charge is 2.56. The summed E-state index contributed by atoms with van der Waals surface area (Å²) in [4.78, 5) is 37.2. The third-order valence-corrected chi connectivity index (χ3v) is 15.9. The van der Waals surface area contributed by atoms with Crippen molar-refractivity contribution in [2.45, 2.75) is 99.3 Å². The van der Waals surface area contributed by atoms with E-state index < -0.39 is 11.8 Å². The van der Waals surface area contributed by atoms with Gasteiger partial charge in [-0.25, -0.2) is 0 Å². The number of carbonyl (C=O) groups excluding carboxylic acids is 2. The van der Waals surface area contributed by atoms with Gasteiger partial charge in [-0.3, -0.25) is 29.4 Å².